The molecule has 5 rings (SSSR count). The molecule has 0 radical (unpaired) electrons. The third-order valence-corrected chi connectivity index (χ3v) is 6.68. The highest BCUT2D eigenvalue weighted by Crippen LogP contribution is 2.36. The van der Waals surface area contributed by atoms with Gasteiger partial charge in [0.15, 0.2) is 17.3 Å². The molecule has 3 N–H and O–H groups in total. The summed E-state index contributed by atoms with van der Waals surface area (Å²) in [6, 6.07) is 2.39. The van der Waals surface area contributed by atoms with Gasteiger partial charge in [0.05, 0.1) is 35.2 Å². The Hall–Kier alpha value is -2.91. The summed E-state index contributed by atoms with van der Waals surface area (Å²) in [5.74, 6) is 1.54. The number of nitrogens with one attached hydrogen (secondary N) is 2. The maximum Gasteiger partial charge on any atom is 0.179 e. The summed E-state index contributed by atoms with van der Waals surface area (Å²) in [5.41, 5.74) is 2.62. The molecular formula is C24H30FN5O3. The van der Waals surface area contributed by atoms with Crippen molar-refractivity contribution in [1.29, 1.82) is 0 Å². The number of halogens is 1. The molecule has 0 aromatic carbocycles. The van der Waals surface area contributed by atoms with Gasteiger partial charge >= 0.3 is 0 Å². The van der Waals surface area contributed by atoms with E-state index < -0.39 is 12.0 Å². The van der Waals surface area contributed by atoms with Crippen LogP contribution >= 0.6 is 0 Å². The van der Waals surface area contributed by atoms with E-state index in [1.54, 1.807) is 30.3 Å². The highest BCUT2D eigenvalue weighted by molar-refractivity contribution is 5.81. The predicted octanol–water partition coefficient (Wildman–Crippen LogP) is 2.93. The molecule has 1 atom stereocenters. The summed E-state index contributed by atoms with van der Waals surface area (Å²) in [6.07, 6.45) is 9.82. The number of ether oxygens (including phenoxy) is 2. The number of aliphatic hydroxyl groups excluding tert-OH is 1. The van der Waals surface area contributed by atoms with E-state index in [4.69, 9.17) is 9.47 Å². The molecule has 8 nitrogen and oxygen atoms in total. The quantitative estimate of drug-likeness (QED) is 0.613. The number of hydrogen-bond donors (Lipinski definition) is 3. The first-order valence-corrected chi connectivity index (χ1v) is 11.6. The lowest BCUT2D eigenvalue weighted by molar-refractivity contribution is 0.170. The molecule has 1 unspecified atom stereocenters. The summed E-state index contributed by atoms with van der Waals surface area (Å²) >= 11 is 0. The van der Waals surface area contributed by atoms with E-state index >= 15 is 0 Å². The average Bonchev–Trinajstić information content (AvgIpc) is 2.85. The molecule has 0 spiro atoms. The summed E-state index contributed by atoms with van der Waals surface area (Å²) < 4.78 is 25.7. The van der Waals surface area contributed by atoms with Gasteiger partial charge in [-0.1, -0.05) is 0 Å². The van der Waals surface area contributed by atoms with Crippen molar-refractivity contribution in [3.63, 3.8) is 0 Å². The zero-order valence-electron chi connectivity index (χ0n) is 18.8. The van der Waals surface area contributed by atoms with Gasteiger partial charge in [0.2, 0.25) is 0 Å². The van der Waals surface area contributed by atoms with Crippen molar-refractivity contribution in [2.24, 2.45) is 5.92 Å². The Morgan fingerprint density at radius 1 is 1.12 bits per heavy atom. The van der Waals surface area contributed by atoms with Crippen LogP contribution in [0.2, 0.25) is 0 Å². The molecule has 9 heteroatoms. The van der Waals surface area contributed by atoms with E-state index in [0.717, 1.165) is 37.1 Å². The van der Waals surface area contributed by atoms with Crippen LogP contribution < -0.4 is 25.0 Å². The SMILES string of the molecule is CN1c2c(ncc(F)c2NCC2CCC(NCc3cc4c(cn3)OCCO4)CC2)C=CC1O. The fourth-order valence-electron chi connectivity index (χ4n) is 4.73. The van der Waals surface area contributed by atoms with E-state index in [1.165, 1.54) is 6.20 Å². The minimum Gasteiger partial charge on any atom is -0.486 e. The number of aliphatic hydroxyl groups is 1. The fraction of sp³-hybridized carbons (Fsp3) is 0.500. The Morgan fingerprint density at radius 2 is 1.91 bits per heavy atom. The topological polar surface area (TPSA) is 91.8 Å². The Labute approximate surface area is 192 Å². The standard InChI is InChI=1S/C24H30FN5O3/c1-30-22(31)7-6-19-24(30)23(18(25)13-28-19)29-11-15-2-4-16(5-3-15)26-12-17-10-20-21(14-27-17)33-9-8-32-20/h6-7,10,13-16,22,26,31H,2-5,8-9,11-12H2,1H3,(H,28,29). The maximum absolute atomic E-state index is 14.6. The van der Waals surface area contributed by atoms with Crippen LogP contribution in [0.15, 0.2) is 24.5 Å². The third kappa shape index (κ3) is 4.74. The molecule has 2 aromatic rings. The Kier molecular flexibility index (Phi) is 6.32. The number of anilines is 2. The normalized spacial score (nSPS) is 23.8. The lowest BCUT2D eigenvalue weighted by Gasteiger charge is -2.32. The second kappa shape index (κ2) is 9.52. The van der Waals surface area contributed by atoms with E-state index in [1.807, 2.05) is 6.07 Å². The molecule has 0 bridgehead atoms. The van der Waals surface area contributed by atoms with Crippen molar-refractivity contribution in [3.05, 3.63) is 41.7 Å². The highest BCUT2D eigenvalue weighted by atomic mass is 19.1. The first-order valence-electron chi connectivity index (χ1n) is 11.6. The molecule has 176 valence electrons. The number of hydrogen-bond acceptors (Lipinski definition) is 8. The summed E-state index contributed by atoms with van der Waals surface area (Å²) in [5, 5.41) is 17.0. The molecule has 33 heavy (non-hydrogen) atoms. The van der Waals surface area contributed by atoms with Crippen molar-refractivity contribution in [1.82, 2.24) is 15.3 Å². The van der Waals surface area contributed by atoms with Crippen molar-refractivity contribution in [2.45, 2.75) is 44.5 Å². The van der Waals surface area contributed by atoms with Gasteiger partial charge in [0.1, 0.15) is 19.4 Å². The van der Waals surface area contributed by atoms with Gasteiger partial charge in [-0.2, -0.15) is 0 Å². The second-order valence-electron chi connectivity index (χ2n) is 8.90. The zero-order valence-corrected chi connectivity index (χ0v) is 18.8. The predicted molar refractivity (Wildman–Crippen MR) is 124 cm³/mol. The van der Waals surface area contributed by atoms with Gasteiger partial charge in [0.25, 0.3) is 0 Å². The largest absolute Gasteiger partial charge is 0.486 e. The monoisotopic (exact) mass is 455 g/mol. The van der Waals surface area contributed by atoms with E-state index in [2.05, 4.69) is 20.6 Å². The van der Waals surface area contributed by atoms with Gasteiger partial charge in [-0.3, -0.25) is 9.97 Å². The van der Waals surface area contributed by atoms with Gasteiger partial charge < -0.3 is 30.1 Å². The van der Waals surface area contributed by atoms with Crippen LogP contribution in [0.25, 0.3) is 6.08 Å². The van der Waals surface area contributed by atoms with Gasteiger partial charge in [-0.15, -0.1) is 0 Å². The molecule has 0 amide bonds. The number of rotatable bonds is 6. The first-order chi connectivity index (χ1) is 16.1. The maximum atomic E-state index is 14.6. The summed E-state index contributed by atoms with van der Waals surface area (Å²) in [7, 11) is 1.74. The van der Waals surface area contributed by atoms with Crippen molar-refractivity contribution >= 4 is 17.5 Å². The van der Waals surface area contributed by atoms with Crippen LogP contribution in [-0.4, -0.2) is 54.2 Å². The Balaban J connectivity index is 1.12. The minimum atomic E-state index is -0.785. The minimum absolute atomic E-state index is 0.398. The van der Waals surface area contributed by atoms with Gasteiger partial charge in [0, 0.05) is 32.2 Å². The van der Waals surface area contributed by atoms with Gasteiger partial charge in [-0.05, 0) is 43.8 Å². The molecule has 2 aliphatic heterocycles. The van der Waals surface area contributed by atoms with Crippen molar-refractivity contribution < 1.29 is 19.0 Å². The van der Waals surface area contributed by atoms with Crippen molar-refractivity contribution in [2.75, 3.05) is 37.0 Å². The summed E-state index contributed by atoms with van der Waals surface area (Å²) in [6.45, 7) is 2.52. The molecule has 3 aliphatic rings. The number of aromatic nitrogens is 2. The number of likely N-dealkylation sites (N-methyl/N-ethyl adjacent to an activating group) is 1. The molecule has 1 fully saturated rings. The lowest BCUT2D eigenvalue weighted by atomic mass is 9.86. The number of fused-ring (bicyclic) bond motifs is 2. The Morgan fingerprint density at radius 3 is 2.73 bits per heavy atom. The lowest BCUT2D eigenvalue weighted by Crippen LogP contribution is -2.35. The zero-order chi connectivity index (χ0) is 22.8. The molecule has 1 aliphatic carbocycles. The molecule has 0 saturated heterocycles. The van der Waals surface area contributed by atoms with Gasteiger partial charge in [-0.25, -0.2) is 4.39 Å². The smallest absolute Gasteiger partial charge is 0.179 e. The van der Waals surface area contributed by atoms with Crippen LogP contribution in [-0.2, 0) is 6.54 Å². The van der Waals surface area contributed by atoms with Crippen LogP contribution in [0, 0.1) is 11.7 Å². The van der Waals surface area contributed by atoms with E-state index in [0.29, 0.717) is 61.1 Å². The number of pyridine rings is 2. The second-order valence-corrected chi connectivity index (χ2v) is 8.90. The van der Waals surface area contributed by atoms with Crippen LogP contribution in [0.5, 0.6) is 11.5 Å². The van der Waals surface area contributed by atoms with Crippen LogP contribution in [0.1, 0.15) is 37.1 Å². The average molecular weight is 456 g/mol. The van der Waals surface area contributed by atoms with Crippen LogP contribution in [0.3, 0.4) is 0 Å². The first kappa shape index (κ1) is 21.9. The highest BCUT2D eigenvalue weighted by Gasteiger charge is 2.26. The Bertz CT molecular complexity index is 1030. The molecule has 1 saturated carbocycles. The molecule has 4 heterocycles. The molecule has 2 aromatic heterocycles. The van der Waals surface area contributed by atoms with Crippen molar-refractivity contribution in [3.8, 4) is 11.5 Å². The summed E-state index contributed by atoms with van der Waals surface area (Å²) in [4.78, 5) is 10.3. The molecular weight excluding hydrogens is 425 g/mol. The number of nitrogens with zero attached hydrogens (tertiary/aromatic N) is 3. The van der Waals surface area contributed by atoms with E-state index in [9.17, 15) is 9.50 Å². The van der Waals surface area contributed by atoms with Crippen LogP contribution in [0.4, 0.5) is 15.8 Å². The van der Waals surface area contributed by atoms with E-state index in [-0.39, 0.29) is 0 Å². The fourth-order valence-corrected chi connectivity index (χ4v) is 4.73. The third-order valence-electron chi connectivity index (χ3n) is 6.68.